The first-order valence-electron chi connectivity index (χ1n) is 12.2. The summed E-state index contributed by atoms with van der Waals surface area (Å²) in [6.45, 7) is 4.08. The van der Waals surface area contributed by atoms with Crippen molar-refractivity contribution in [3.63, 3.8) is 0 Å². The molecule has 1 saturated heterocycles. The van der Waals surface area contributed by atoms with Crippen LogP contribution in [0, 0.1) is 11.3 Å². The number of aromatic nitrogens is 3. The van der Waals surface area contributed by atoms with Crippen LogP contribution >= 0.6 is 11.6 Å². The molecule has 10 heteroatoms. The topological polar surface area (TPSA) is 110 Å². The summed E-state index contributed by atoms with van der Waals surface area (Å²) in [6, 6.07) is 11.0. The molecule has 2 aromatic heterocycles. The van der Waals surface area contributed by atoms with E-state index in [4.69, 9.17) is 20.8 Å². The number of anilines is 2. The van der Waals surface area contributed by atoms with Crippen LogP contribution in [0.15, 0.2) is 47.0 Å². The predicted octanol–water partition coefficient (Wildman–Crippen LogP) is 4.52. The third-order valence-corrected chi connectivity index (χ3v) is 7.31. The van der Waals surface area contributed by atoms with Crippen molar-refractivity contribution in [2.45, 2.75) is 39.0 Å². The van der Waals surface area contributed by atoms with Gasteiger partial charge in [-0.25, -0.2) is 4.98 Å². The Labute approximate surface area is 214 Å². The number of amides is 1. The summed E-state index contributed by atoms with van der Waals surface area (Å²) in [5, 5.41) is 11.2. The number of benzene rings is 1. The zero-order valence-corrected chi connectivity index (χ0v) is 20.8. The lowest BCUT2D eigenvalue weighted by atomic mass is 9.57. The Morgan fingerprint density at radius 3 is 2.56 bits per heavy atom. The monoisotopic (exact) mass is 509 g/mol. The van der Waals surface area contributed by atoms with E-state index in [1.807, 2.05) is 31.2 Å². The second-order valence-corrected chi connectivity index (χ2v) is 9.94. The maximum Gasteiger partial charge on any atom is 0.313 e. The van der Waals surface area contributed by atoms with E-state index >= 15 is 0 Å². The average Bonchev–Trinajstić information content (AvgIpc) is 3.33. The smallest absolute Gasteiger partial charge is 0.313 e. The van der Waals surface area contributed by atoms with Gasteiger partial charge in [0.1, 0.15) is 5.82 Å². The number of piperidine rings is 1. The van der Waals surface area contributed by atoms with Gasteiger partial charge in [-0.3, -0.25) is 9.59 Å². The second kappa shape index (κ2) is 10.3. The first-order chi connectivity index (χ1) is 17.4. The van der Waals surface area contributed by atoms with Crippen LogP contribution in [-0.2, 0) is 16.0 Å². The summed E-state index contributed by atoms with van der Waals surface area (Å²) in [5.74, 6) is 0.630. The van der Waals surface area contributed by atoms with Crippen LogP contribution in [0.3, 0.4) is 0 Å². The minimum Gasteiger partial charge on any atom is -0.466 e. The van der Waals surface area contributed by atoms with Gasteiger partial charge < -0.3 is 19.4 Å². The first-order valence-corrected chi connectivity index (χ1v) is 12.6. The molecule has 188 valence electrons. The maximum atomic E-state index is 12.5. The summed E-state index contributed by atoms with van der Waals surface area (Å²) >= 11 is 5.91. The van der Waals surface area contributed by atoms with Gasteiger partial charge in [-0.2, -0.15) is 0 Å². The third kappa shape index (κ3) is 5.36. The number of halogens is 1. The highest BCUT2D eigenvalue weighted by molar-refractivity contribution is 6.30. The molecular weight excluding hydrogens is 482 g/mol. The molecule has 0 unspecified atom stereocenters. The van der Waals surface area contributed by atoms with E-state index in [-0.39, 0.29) is 23.2 Å². The van der Waals surface area contributed by atoms with Gasteiger partial charge in [0, 0.05) is 18.1 Å². The number of carbonyl (C=O) groups excluding carboxylic acids is 2. The molecule has 1 N–H and O–H groups in total. The van der Waals surface area contributed by atoms with Crippen LogP contribution in [0.2, 0.25) is 5.02 Å². The van der Waals surface area contributed by atoms with Crippen molar-refractivity contribution in [3.8, 4) is 0 Å². The van der Waals surface area contributed by atoms with Crippen molar-refractivity contribution in [3.05, 3.63) is 65.0 Å². The number of nitrogens with one attached hydrogen (secondary N) is 1. The number of hydrogen-bond acceptors (Lipinski definition) is 8. The predicted molar refractivity (Wildman–Crippen MR) is 134 cm³/mol. The van der Waals surface area contributed by atoms with Crippen LogP contribution in [0.1, 0.15) is 54.7 Å². The fourth-order valence-corrected chi connectivity index (χ4v) is 5.18. The lowest BCUT2D eigenvalue weighted by Gasteiger charge is -2.51. The van der Waals surface area contributed by atoms with E-state index < -0.39 is 5.91 Å². The van der Waals surface area contributed by atoms with Crippen LogP contribution in [0.5, 0.6) is 0 Å². The average molecular weight is 510 g/mol. The molecule has 1 amide bonds. The molecule has 0 radical (unpaired) electrons. The molecule has 1 saturated carbocycles. The molecule has 0 bridgehead atoms. The number of rotatable bonds is 7. The molecule has 1 aliphatic heterocycles. The number of nitrogens with zero attached hydrogens (tertiary/aromatic N) is 4. The quantitative estimate of drug-likeness (QED) is 0.463. The number of esters is 1. The van der Waals surface area contributed by atoms with Crippen LogP contribution in [0.4, 0.5) is 11.5 Å². The second-order valence-electron chi connectivity index (χ2n) is 9.51. The number of ether oxygens (including phenoxy) is 1. The van der Waals surface area contributed by atoms with Crippen molar-refractivity contribution < 1.29 is 18.7 Å². The summed E-state index contributed by atoms with van der Waals surface area (Å²) in [5.41, 5.74) is 1.76. The van der Waals surface area contributed by atoms with Gasteiger partial charge in [0.2, 0.25) is 5.89 Å². The van der Waals surface area contributed by atoms with Crippen molar-refractivity contribution >= 4 is 35.0 Å². The zero-order chi connectivity index (χ0) is 25.1. The van der Waals surface area contributed by atoms with Gasteiger partial charge in [-0.15, -0.1) is 10.2 Å². The molecule has 36 heavy (non-hydrogen) atoms. The van der Waals surface area contributed by atoms with E-state index in [2.05, 4.69) is 25.4 Å². The van der Waals surface area contributed by atoms with Crippen molar-refractivity contribution in [1.82, 2.24) is 15.2 Å². The Hall–Kier alpha value is -3.46. The highest BCUT2D eigenvalue weighted by Gasteiger charge is 2.49. The molecule has 1 aliphatic carbocycles. The minimum absolute atomic E-state index is 0.0526. The number of pyridine rings is 1. The van der Waals surface area contributed by atoms with Crippen molar-refractivity contribution in [1.29, 1.82) is 0 Å². The van der Waals surface area contributed by atoms with E-state index in [9.17, 15) is 9.59 Å². The van der Waals surface area contributed by atoms with E-state index in [0.29, 0.717) is 29.6 Å². The van der Waals surface area contributed by atoms with E-state index in [1.165, 1.54) is 0 Å². The van der Waals surface area contributed by atoms with Crippen molar-refractivity contribution in [2.75, 3.05) is 29.9 Å². The molecule has 3 aromatic rings. The summed E-state index contributed by atoms with van der Waals surface area (Å²) in [6.07, 6.45) is 5.97. The molecular formula is C26H28ClN5O4. The van der Waals surface area contributed by atoms with E-state index in [1.54, 1.807) is 18.3 Å². The SMILES string of the molecule is CCOC(=O)C1CC2(CCN(c3ccc(NC(=O)c4nnc(Cc5ccc(Cl)cc5)o4)cn3)CC2)C1. The molecule has 3 heterocycles. The fraction of sp³-hybridized carbons (Fsp3) is 0.423. The van der Waals surface area contributed by atoms with Gasteiger partial charge in [0.05, 0.1) is 30.8 Å². The van der Waals surface area contributed by atoms with Crippen LogP contribution in [-0.4, -0.2) is 46.8 Å². The normalized spacial score (nSPS) is 17.0. The highest BCUT2D eigenvalue weighted by Crippen LogP contribution is 2.53. The Bertz CT molecular complexity index is 1210. The Morgan fingerprint density at radius 2 is 1.89 bits per heavy atom. The fourth-order valence-electron chi connectivity index (χ4n) is 5.06. The van der Waals surface area contributed by atoms with Crippen LogP contribution in [0.25, 0.3) is 0 Å². The molecule has 5 rings (SSSR count). The number of hydrogen-bond donors (Lipinski definition) is 1. The zero-order valence-electron chi connectivity index (χ0n) is 20.1. The lowest BCUT2D eigenvalue weighted by molar-refractivity contribution is -0.157. The molecule has 1 spiro atoms. The number of carbonyl (C=O) groups is 2. The Morgan fingerprint density at radius 1 is 1.14 bits per heavy atom. The maximum absolute atomic E-state index is 12.5. The summed E-state index contributed by atoms with van der Waals surface area (Å²) in [4.78, 5) is 31.3. The molecule has 0 atom stereocenters. The van der Waals surface area contributed by atoms with Crippen LogP contribution < -0.4 is 10.2 Å². The lowest BCUT2D eigenvalue weighted by Crippen LogP contribution is -2.49. The van der Waals surface area contributed by atoms with Gasteiger partial charge in [-0.1, -0.05) is 23.7 Å². The summed E-state index contributed by atoms with van der Waals surface area (Å²) < 4.78 is 10.7. The Balaban J connectivity index is 1.11. The molecule has 2 aliphatic rings. The minimum atomic E-state index is -0.486. The van der Waals surface area contributed by atoms with Gasteiger partial charge in [0.25, 0.3) is 0 Å². The van der Waals surface area contributed by atoms with Gasteiger partial charge >= 0.3 is 17.8 Å². The van der Waals surface area contributed by atoms with Crippen molar-refractivity contribution in [2.24, 2.45) is 11.3 Å². The van der Waals surface area contributed by atoms with Gasteiger partial charge in [-0.05, 0) is 67.9 Å². The summed E-state index contributed by atoms with van der Waals surface area (Å²) in [7, 11) is 0. The largest absolute Gasteiger partial charge is 0.466 e. The molecule has 1 aromatic carbocycles. The molecule has 9 nitrogen and oxygen atoms in total. The van der Waals surface area contributed by atoms with Gasteiger partial charge in [0.15, 0.2) is 0 Å². The highest BCUT2D eigenvalue weighted by atomic mass is 35.5. The molecule has 2 fully saturated rings. The standard InChI is InChI=1S/C26H28ClN5O4/c1-2-35-25(34)18-14-26(15-18)9-11-32(12-10-26)21-8-7-20(16-28-21)29-23(33)24-31-30-22(36-24)13-17-3-5-19(27)6-4-17/h3-8,16,18H,2,9-15H2,1H3,(H,29,33). The van der Waals surface area contributed by atoms with E-state index in [0.717, 1.165) is 50.2 Å². The third-order valence-electron chi connectivity index (χ3n) is 7.06. The Kier molecular flexibility index (Phi) is 6.91. The first kappa shape index (κ1) is 24.2.